The molecule has 0 spiro atoms. The molecule has 2 rings (SSSR count). The number of aromatic amines is 1. The first-order valence-corrected chi connectivity index (χ1v) is 9.70. The fourth-order valence-electron chi connectivity index (χ4n) is 2.60. The molecule has 0 aliphatic carbocycles. The summed E-state index contributed by atoms with van der Waals surface area (Å²) in [7, 11) is 0. The van der Waals surface area contributed by atoms with Gasteiger partial charge in [-0.15, -0.1) is 0 Å². The van der Waals surface area contributed by atoms with Crippen LogP contribution in [-0.4, -0.2) is 19.6 Å². The van der Waals surface area contributed by atoms with Gasteiger partial charge in [0.15, 0.2) is 5.82 Å². The monoisotopic (exact) mass is 391 g/mol. The van der Waals surface area contributed by atoms with Gasteiger partial charge in [-0.3, -0.25) is 9.89 Å². The van der Waals surface area contributed by atoms with Crippen molar-refractivity contribution in [2.45, 2.75) is 40.7 Å². The lowest BCUT2D eigenvalue weighted by atomic mass is 10.1. The van der Waals surface area contributed by atoms with Crippen molar-refractivity contribution in [1.82, 2.24) is 24.9 Å². The topological polar surface area (TPSA) is 75.1 Å². The fraction of sp³-hybridized carbons (Fsp3) is 0.261. The van der Waals surface area contributed by atoms with Gasteiger partial charge in [0.25, 0.3) is 11.3 Å². The summed E-state index contributed by atoms with van der Waals surface area (Å²) in [4.78, 5) is 21.4. The maximum absolute atomic E-state index is 12.4. The summed E-state index contributed by atoms with van der Waals surface area (Å²) in [6.45, 7) is 12.4. The van der Waals surface area contributed by atoms with E-state index in [1.54, 1.807) is 0 Å². The molecule has 0 amide bonds. The smallest absolute Gasteiger partial charge is 0.274 e. The Kier molecular flexibility index (Phi) is 8.15. The fourth-order valence-corrected chi connectivity index (χ4v) is 2.60. The van der Waals surface area contributed by atoms with E-state index in [1.807, 2.05) is 69.4 Å². The first kappa shape index (κ1) is 21.9. The molecule has 0 aromatic carbocycles. The van der Waals surface area contributed by atoms with Crippen LogP contribution in [0.2, 0.25) is 0 Å². The van der Waals surface area contributed by atoms with Crippen LogP contribution < -0.4 is 10.9 Å². The predicted molar refractivity (Wildman–Crippen MR) is 120 cm³/mol. The third-order valence-electron chi connectivity index (χ3n) is 4.26. The standard InChI is InChI=1S/C23H29N5O/c1-6-9-11-12-13-17(4)22-26-23-25-20(15-21(29)28(23)27-22)16-24-18(5)19(8-3)14-10-7-2/h6-7,9-15,24H,5,8,16H2,1-4H3,(H,25,26,27)/b9-6-,10-7-,12-11-,17-13+,19-14-. The van der Waals surface area contributed by atoms with Crippen molar-refractivity contribution < 1.29 is 0 Å². The molecular weight excluding hydrogens is 362 g/mol. The highest BCUT2D eigenvalue weighted by atomic mass is 16.1. The number of nitrogens with zero attached hydrogens (tertiary/aromatic N) is 3. The molecule has 0 saturated carbocycles. The van der Waals surface area contributed by atoms with Gasteiger partial charge in [0.1, 0.15) is 0 Å². The van der Waals surface area contributed by atoms with Gasteiger partial charge in [-0.25, -0.2) is 4.98 Å². The molecule has 2 aromatic rings. The number of nitrogens with one attached hydrogen (secondary N) is 2. The lowest BCUT2D eigenvalue weighted by molar-refractivity contribution is 0.773. The van der Waals surface area contributed by atoms with Crippen molar-refractivity contribution in [3.8, 4) is 0 Å². The third-order valence-corrected chi connectivity index (χ3v) is 4.26. The van der Waals surface area contributed by atoms with Crippen LogP contribution in [-0.2, 0) is 6.54 Å². The van der Waals surface area contributed by atoms with Gasteiger partial charge < -0.3 is 5.32 Å². The molecule has 29 heavy (non-hydrogen) atoms. The Bertz CT molecular complexity index is 1060. The van der Waals surface area contributed by atoms with Crippen LogP contribution >= 0.6 is 0 Å². The van der Waals surface area contributed by atoms with Crippen molar-refractivity contribution in [3.05, 3.63) is 94.4 Å². The highest BCUT2D eigenvalue weighted by Crippen LogP contribution is 2.11. The zero-order valence-electron chi connectivity index (χ0n) is 17.6. The van der Waals surface area contributed by atoms with E-state index >= 15 is 0 Å². The summed E-state index contributed by atoms with van der Waals surface area (Å²) in [6, 6.07) is 1.50. The van der Waals surface area contributed by atoms with Crippen molar-refractivity contribution in [2.75, 3.05) is 0 Å². The number of fused-ring (bicyclic) bond motifs is 1. The van der Waals surface area contributed by atoms with Gasteiger partial charge in [0.05, 0.1) is 12.2 Å². The number of allylic oxidation sites excluding steroid dienone is 10. The van der Waals surface area contributed by atoms with Crippen LogP contribution in [0.15, 0.2) is 77.3 Å². The molecule has 0 bridgehead atoms. The Labute approximate surface area is 171 Å². The van der Waals surface area contributed by atoms with Gasteiger partial charge >= 0.3 is 0 Å². The van der Waals surface area contributed by atoms with Crippen LogP contribution in [0.25, 0.3) is 11.4 Å². The summed E-state index contributed by atoms with van der Waals surface area (Å²) < 4.78 is 1.35. The number of aromatic nitrogens is 4. The van der Waals surface area contributed by atoms with Gasteiger partial charge in [0.2, 0.25) is 0 Å². The maximum Gasteiger partial charge on any atom is 0.274 e. The highest BCUT2D eigenvalue weighted by Gasteiger charge is 2.09. The van der Waals surface area contributed by atoms with E-state index in [2.05, 4.69) is 33.9 Å². The minimum absolute atomic E-state index is 0.200. The average Bonchev–Trinajstić information content (AvgIpc) is 3.15. The Morgan fingerprint density at radius 2 is 1.93 bits per heavy atom. The van der Waals surface area contributed by atoms with Crippen molar-refractivity contribution in [2.24, 2.45) is 0 Å². The molecule has 2 N–H and O–H groups in total. The summed E-state index contributed by atoms with van der Waals surface area (Å²) in [5, 5.41) is 6.25. The van der Waals surface area contributed by atoms with Crippen LogP contribution in [0.5, 0.6) is 0 Å². The first-order valence-electron chi connectivity index (χ1n) is 9.70. The molecule has 6 nitrogen and oxygen atoms in total. The lowest BCUT2D eigenvalue weighted by Gasteiger charge is -2.11. The number of hydrogen-bond donors (Lipinski definition) is 2. The third kappa shape index (κ3) is 6.04. The number of H-pyrrole nitrogens is 1. The largest absolute Gasteiger partial charge is 0.380 e. The van der Waals surface area contributed by atoms with Crippen LogP contribution in [0.1, 0.15) is 45.6 Å². The van der Waals surface area contributed by atoms with Crippen LogP contribution in [0.4, 0.5) is 0 Å². The molecule has 0 unspecified atom stereocenters. The highest BCUT2D eigenvalue weighted by molar-refractivity contribution is 5.60. The van der Waals surface area contributed by atoms with E-state index in [4.69, 9.17) is 0 Å². The van der Waals surface area contributed by atoms with Crippen molar-refractivity contribution in [3.63, 3.8) is 0 Å². The molecule has 152 valence electrons. The van der Waals surface area contributed by atoms with E-state index in [0.29, 0.717) is 23.8 Å². The molecular formula is C23H29N5O. The predicted octanol–water partition coefficient (Wildman–Crippen LogP) is 4.47. The van der Waals surface area contributed by atoms with Crippen LogP contribution in [0, 0.1) is 0 Å². The molecule has 2 aromatic heterocycles. The zero-order valence-corrected chi connectivity index (χ0v) is 17.6. The van der Waals surface area contributed by atoms with E-state index < -0.39 is 0 Å². The number of rotatable bonds is 9. The summed E-state index contributed by atoms with van der Waals surface area (Å²) in [5.74, 6) is 0.956. The number of hydrogen-bond acceptors (Lipinski definition) is 4. The SMILES string of the molecule is C=C(NCc1cc(=O)n2[nH]c(/C(C)=C/C=C\C=C/C)nc2n1)/C(=C\C=C/C)CC. The van der Waals surface area contributed by atoms with E-state index in [-0.39, 0.29) is 5.56 Å². The molecule has 2 heterocycles. The Balaban J connectivity index is 2.21. The van der Waals surface area contributed by atoms with E-state index in [1.165, 1.54) is 10.6 Å². The van der Waals surface area contributed by atoms with Crippen molar-refractivity contribution in [1.29, 1.82) is 0 Å². The molecule has 0 saturated heterocycles. The second-order valence-corrected chi connectivity index (χ2v) is 6.46. The van der Waals surface area contributed by atoms with Crippen LogP contribution in [0.3, 0.4) is 0 Å². The van der Waals surface area contributed by atoms with Crippen molar-refractivity contribution >= 4 is 11.4 Å². The Hall–Kier alpha value is -3.41. The minimum atomic E-state index is -0.200. The summed E-state index contributed by atoms with van der Waals surface area (Å²) in [6.07, 6.45) is 16.5. The van der Waals surface area contributed by atoms with Gasteiger partial charge in [-0.1, -0.05) is 62.1 Å². The molecule has 0 aliphatic rings. The van der Waals surface area contributed by atoms with Gasteiger partial charge in [0, 0.05) is 11.8 Å². The maximum atomic E-state index is 12.4. The minimum Gasteiger partial charge on any atom is -0.380 e. The average molecular weight is 392 g/mol. The first-order chi connectivity index (χ1) is 14.0. The summed E-state index contributed by atoms with van der Waals surface area (Å²) >= 11 is 0. The Morgan fingerprint density at radius 1 is 1.17 bits per heavy atom. The van der Waals surface area contributed by atoms with E-state index in [9.17, 15) is 4.79 Å². The second-order valence-electron chi connectivity index (χ2n) is 6.46. The zero-order chi connectivity index (χ0) is 21.2. The van der Waals surface area contributed by atoms with E-state index in [0.717, 1.165) is 23.3 Å². The summed E-state index contributed by atoms with van der Waals surface area (Å²) in [5.41, 5.74) is 3.25. The Morgan fingerprint density at radius 3 is 2.62 bits per heavy atom. The molecule has 0 atom stereocenters. The molecule has 6 heteroatoms. The van der Waals surface area contributed by atoms with Gasteiger partial charge in [-0.05, 0) is 38.3 Å². The quantitative estimate of drug-likeness (QED) is 0.619. The molecule has 0 aliphatic heterocycles. The molecule has 0 fully saturated rings. The second kappa shape index (κ2) is 10.8. The molecule has 0 radical (unpaired) electrons. The normalized spacial score (nSPS) is 13.4. The van der Waals surface area contributed by atoms with Gasteiger partial charge in [-0.2, -0.15) is 9.50 Å². The lowest BCUT2D eigenvalue weighted by Crippen LogP contribution is -2.20.